The summed E-state index contributed by atoms with van der Waals surface area (Å²) in [7, 11) is 1.71. The number of rotatable bonds is 6. The highest BCUT2D eigenvalue weighted by molar-refractivity contribution is 7.99. The van der Waals surface area contributed by atoms with Gasteiger partial charge in [0.2, 0.25) is 5.91 Å². The van der Waals surface area contributed by atoms with Crippen LogP contribution in [0.4, 0.5) is 0 Å². The molecule has 0 spiro atoms. The van der Waals surface area contributed by atoms with Gasteiger partial charge < -0.3 is 9.88 Å². The Morgan fingerprint density at radius 1 is 1.32 bits per heavy atom. The lowest BCUT2D eigenvalue weighted by Crippen LogP contribution is -2.29. The zero-order valence-corrected chi connectivity index (χ0v) is 15.9. The molecule has 8 heteroatoms. The van der Waals surface area contributed by atoms with Gasteiger partial charge in [0.05, 0.1) is 17.8 Å². The molecule has 0 atom stereocenters. The maximum atomic E-state index is 12.3. The van der Waals surface area contributed by atoms with Gasteiger partial charge in [0, 0.05) is 17.8 Å². The van der Waals surface area contributed by atoms with Gasteiger partial charge in [-0.3, -0.25) is 9.59 Å². The summed E-state index contributed by atoms with van der Waals surface area (Å²) in [5, 5.41) is 2.53. The van der Waals surface area contributed by atoms with Crippen LogP contribution in [-0.2, 0) is 17.1 Å². The lowest BCUT2D eigenvalue weighted by Gasteiger charge is -2.16. The number of thioether (sulfide) groups is 1. The van der Waals surface area contributed by atoms with E-state index >= 15 is 0 Å². The number of H-pyrrole nitrogens is 1. The van der Waals surface area contributed by atoms with Crippen molar-refractivity contribution in [1.29, 1.82) is 0 Å². The van der Waals surface area contributed by atoms with E-state index in [9.17, 15) is 9.59 Å². The van der Waals surface area contributed by atoms with E-state index in [1.54, 1.807) is 23.7 Å². The van der Waals surface area contributed by atoms with Crippen LogP contribution in [0.15, 0.2) is 40.5 Å². The van der Waals surface area contributed by atoms with Gasteiger partial charge in [-0.15, -0.1) is 23.1 Å². The number of fused-ring (bicyclic) bond motifs is 1. The molecular formula is C17H16ClN3O2S2. The minimum Gasteiger partial charge on any atom is -0.338 e. The number of carbonyl (C=O) groups is 1. The molecule has 0 fully saturated rings. The highest BCUT2D eigenvalue weighted by atomic mass is 35.5. The molecule has 0 saturated carbocycles. The molecule has 1 N–H and O–H groups in total. The summed E-state index contributed by atoms with van der Waals surface area (Å²) in [5.41, 5.74) is 1.63. The summed E-state index contributed by atoms with van der Waals surface area (Å²) in [6.07, 6.45) is 0. The van der Waals surface area contributed by atoms with Gasteiger partial charge in [-0.2, -0.15) is 0 Å². The van der Waals surface area contributed by atoms with Crippen LogP contribution in [0, 0.1) is 0 Å². The van der Waals surface area contributed by atoms with Gasteiger partial charge in [0.1, 0.15) is 10.5 Å². The molecule has 2 heterocycles. The summed E-state index contributed by atoms with van der Waals surface area (Å²) >= 11 is 8.76. The van der Waals surface area contributed by atoms with Crippen molar-refractivity contribution in [3.8, 4) is 0 Å². The van der Waals surface area contributed by atoms with Crippen molar-refractivity contribution in [1.82, 2.24) is 14.9 Å². The number of benzene rings is 1. The minimum absolute atomic E-state index is 0.00738. The highest BCUT2D eigenvalue weighted by Gasteiger charge is 2.12. The first kappa shape index (κ1) is 18.0. The van der Waals surface area contributed by atoms with Crippen molar-refractivity contribution in [2.24, 2.45) is 0 Å². The number of nitrogens with zero attached hydrogens (tertiary/aromatic N) is 2. The van der Waals surface area contributed by atoms with Crippen LogP contribution in [0.2, 0.25) is 5.02 Å². The SMILES string of the molecule is CN(Cc1nc2ccsc2c(=O)[nH]1)C(=O)CSCc1ccc(Cl)cc1. The Kier molecular flexibility index (Phi) is 5.78. The summed E-state index contributed by atoms with van der Waals surface area (Å²) in [4.78, 5) is 32.9. The zero-order valence-electron chi connectivity index (χ0n) is 13.5. The average molecular weight is 394 g/mol. The molecule has 2 aromatic heterocycles. The van der Waals surface area contributed by atoms with Crippen LogP contribution in [0.1, 0.15) is 11.4 Å². The molecule has 0 aliphatic rings. The molecule has 0 aliphatic heterocycles. The Morgan fingerprint density at radius 3 is 2.84 bits per heavy atom. The number of amides is 1. The van der Waals surface area contributed by atoms with Gasteiger partial charge in [0.15, 0.2) is 0 Å². The molecule has 0 aliphatic carbocycles. The molecule has 3 aromatic rings. The largest absolute Gasteiger partial charge is 0.338 e. The van der Waals surface area contributed by atoms with Crippen molar-refractivity contribution in [3.05, 3.63) is 62.5 Å². The van der Waals surface area contributed by atoms with E-state index in [0.717, 1.165) is 11.3 Å². The fourth-order valence-electron chi connectivity index (χ4n) is 2.26. The van der Waals surface area contributed by atoms with Gasteiger partial charge in [-0.25, -0.2) is 4.98 Å². The Balaban J connectivity index is 1.54. The molecule has 3 rings (SSSR count). The highest BCUT2D eigenvalue weighted by Crippen LogP contribution is 2.17. The van der Waals surface area contributed by atoms with Crippen molar-refractivity contribution < 1.29 is 4.79 Å². The summed E-state index contributed by atoms with van der Waals surface area (Å²) < 4.78 is 0.608. The first-order valence-electron chi connectivity index (χ1n) is 7.55. The molecular weight excluding hydrogens is 378 g/mol. The molecule has 0 saturated heterocycles. The van der Waals surface area contributed by atoms with Crippen molar-refractivity contribution in [2.75, 3.05) is 12.8 Å². The number of hydrogen-bond acceptors (Lipinski definition) is 5. The van der Waals surface area contributed by atoms with Crippen molar-refractivity contribution in [3.63, 3.8) is 0 Å². The topological polar surface area (TPSA) is 66.1 Å². The third kappa shape index (κ3) is 4.62. The van der Waals surface area contributed by atoms with Crippen LogP contribution in [0.3, 0.4) is 0 Å². The molecule has 0 bridgehead atoms. The molecule has 0 radical (unpaired) electrons. The first-order chi connectivity index (χ1) is 12.0. The van der Waals surface area contributed by atoms with E-state index in [1.807, 2.05) is 35.7 Å². The standard InChI is InChI=1S/C17H16ClN3O2S2/c1-21(8-14-19-13-6-7-25-16(13)17(23)20-14)15(22)10-24-9-11-2-4-12(18)5-3-11/h2-7H,8-10H2,1H3,(H,19,20,23). The Bertz CT molecular complexity index is 937. The first-order valence-corrected chi connectivity index (χ1v) is 9.97. The lowest BCUT2D eigenvalue weighted by molar-refractivity contribution is -0.127. The number of thiophene rings is 1. The van der Waals surface area contributed by atoms with Gasteiger partial charge in [-0.1, -0.05) is 23.7 Å². The van der Waals surface area contributed by atoms with Crippen LogP contribution >= 0.6 is 34.7 Å². The normalized spacial score (nSPS) is 11.0. The van der Waals surface area contributed by atoms with E-state index in [1.165, 1.54) is 11.3 Å². The Morgan fingerprint density at radius 2 is 2.08 bits per heavy atom. The Labute approximate surface area is 158 Å². The average Bonchev–Trinajstić information content (AvgIpc) is 3.05. The maximum Gasteiger partial charge on any atom is 0.268 e. The second-order valence-corrected chi connectivity index (χ2v) is 7.85. The predicted octanol–water partition coefficient (Wildman–Crippen LogP) is 3.53. The van der Waals surface area contributed by atoms with E-state index in [2.05, 4.69) is 9.97 Å². The molecule has 1 aromatic carbocycles. The molecule has 1 amide bonds. The van der Waals surface area contributed by atoms with Crippen molar-refractivity contribution in [2.45, 2.75) is 12.3 Å². The van der Waals surface area contributed by atoms with Crippen molar-refractivity contribution >= 4 is 50.8 Å². The smallest absolute Gasteiger partial charge is 0.268 e. The molecule has 25 heavy (non-hydrogen) atoms. The summed E-state index contributed by atoms with van der Waals surface area (Å²) in [6, 6.07) is 9.40. The van der Waals surface area contributed by atoms with E-state index in [4.69, 9.17) is 11.6 Å². The van der Waals surface area contributed by atoms with Crippen LogP contribution in [0.25, 0.3) is 10.2 Å². The van der Waals surface area contributed by atoms with E-state index < -0.39 is 0 Å². The second kappa shape index (κ2) is 8.03. The minimum atomic E-state index is -0.159. The second-order valence-electron chi connectivity index (χ2n) is 5.52. The van der Waals surface area contributed by atoms with Gasteiger partial charge >= 0.3 is 0 Å². The fourth-order valence-corrected chi connectivity index (χ4v) is 4.03. The number of aromatic amines is 1. The Hall–Kier alpha value is -1.83. The van der Waals surface area contributed by atoms with E-state index in [0.29, 0.717) is 26.8 Å². The third-order valence-electron chi connectivity index (χ3n) is 3.58. The summed E-state index contributed by atoms with van der Waals surface area (Å²) in [5.74, 6) is 1.60. The molecule has 130 valence electrons. The van der Waals surface area contributed by atoms with Gasteiger partial charge in [0.25, 0.3) is 5.56 Å². The van der Waals surface area contributed by atoms with Crippen LogP contribution in [-0.4, -0.2) is 33.6 Å². The maximum absolute atomic E-state index is 12.3. The third-order valence-corrected chi connectivity index (χ3v) is 5.73. The lowest BCUT2D eigenvalue weighted by atomic mass is 10.2. The summed E-state index contributed by atoms with van der Waals surface area (Å²) in [6.45, 7) is 0.279. The predicted molar refractivity (Wildman–Crippen MR) is 104 cm³/mol. The molecule has 5 nitrogen and oxygen atoms in total. The molecule has 0 unspecified atom stereocenters. The number of carbonyl (C=O) groups excluding carboxylic acids is 1. The van der Waals surface area contributed by atoms with Crippen LogP contribution < -0.4 is 5.56 Å². The van der Waals surface area contributed by atoms with Gasteiger partial charge in [-0.05, 0) is 29.1 Å². The number of halogens is 1. The number of aromatic nitrogens is 2. The monoisotopic (exact) mass is 393 g/mol. The zero-order chi connectivity index (χ0) is 17.8. The fraction of sp³-hybridized carbons (Fsp3) is 0.235. The number of nitrogens with one attached hydrogen (secondary N) is 1. The van der Waals surface area contributed by atoms with E-state index in [-0.39, 0.29) is 18.0 Å². The van der Waals surface area contributed by atoms with Crippen LogP contribution in [0.5, 0.6) is 0 Å². The number of hydrogen-bond donors (Lipinski definition) is 1. The quantitative estimate of drug-likeness (QED) is 0.695.